The van der Waals surface area contributed by atoms with E-state index in [1.54, 1.807) is 0 Å². The Morgan fingerprint density at radius 2 is 2.04 bits per heavy atom. The molecule has 1 saturated heterocycles. The van der Waals surface area contributed by atoms with Gasteiger partial charge >= 0.3 is 0 Å². The molecule has 24 heavy (non-hydrogen) atoms. The van der Waals surface area contributed by atoms with Gasteiger partial charge in [-0.15, -0.1) is 0 Å². The van der Waals surface area contributed by atoms with Crippen molar-refractivity contribution in [1.29, 1.82) is 0 Å². The van der Waals surface area contributed by atoms with Crippen LogP contribution in [0.5, 0.6) is 0 Å². The van der Waals surface area contributed by atoms with E-state index in [1.165, 1.54) is 38.4 Å². The zero-order valence-corrected chi connectivity index (χ0v) is 14.5. The van der Waals surface area contributed by atoms with E-state index in [0.717, 1.165) is 16.8 Å². The molecule has 4 heteroatoms. The number of amides is 1. The number of nitrogens with zero attached hydrogens (tertiary/aromatic N) is 2. The summed E-state index contributed by atoms with van der Waals surface area (Å²) in [5.74, 6) is -0.0253. The van der Waals surface area contributed by atoms with Crippen LogP contribution in [0.1, 0.15) is 43.9 Å². The summed E-state index contributed by atoms with van der Waals surface area (Å²) in [7, 11) is 0. The zero-order valence-electron chi connectivity index (χ0n) is 14.5. The molecule has 1 aliphatic rings. The summed E-state index contributed by atoms with van der Waals surface area (Å²) >= 11 is 0. The Bertz CT molecular complexity index is 690. The van der Waals surface area contributed by atoms with Gasteiger partial charge in [-0.25, -0.2) is 0 Å². The Morgan fingerprint density at radius 1 is 1.25 bits per heavy atom. The molecule has 0 spiro atoms. The SMILES string of the molecule is CC(=O)NCc1ccc(-c2cccc(C(C)N3CCCC3)c2)nc1. The van der Waals surface area contributed by atoms with Crippen LogP contribution in [0.15, 0.2) is 42.6 Å². The minimum Gasteiger partial charge on any atom is -0.352 e. The average molecular weight is 323 g/mol. The molecule has 0 saturated carbocycles. The number of aromatic nitrogens is 1. The molecule has 1 N–H and O–H groups in total. The second kappa shape index (κ2) is 7.58. The van der Waals surface area contributed by atoms with Gasteiger partial charge in [0, 0.05) is 31.3 Å². The van der Waals surface area contributed by atoms with E-state index in [-0.39, 0.29) is 5.91 Å². The van der Waals surface area contributed by atoms with Crippen LogP contribution in [0, 0.1) is 0 Å². The monoisotopic (exact) mass is 323 g/mol. The summed E-state index contributed by atoms with van der Waals surface area (Å²) in [6.45, 7) is 6.72. The van der Waals surface area contributed by atoms with Crippen LogP contribution < -0.4 is 5.32 Å². The molecular formula is C20H25N3O. The minimum atomic E-state index is -0.0253. The average Bonchev–Trinajstić information content (AvgIpc) is 3.14. The number of hydrogen-bond donors (Lipinski definition) is 1. The predicted octanol–water partition coefficient (Wildman–Crippen LogP) is 3.54. The number of nitrogens with one attached hydrogen (secondary N) is 1. The van der Waals surface area contributed by atoms with Gasteiger partial charge in [0.25, 0.3) is 0 Å². The largest absolute Gasteiger partial charge is 0.352 e. The van der Waals surface area contributed by atoms with Crippen LogP contribution in [-0.2, 0) is 11.3 Å². The van der Waals surface area contributed by atoms with E-state index in [9.17, 15) is 4.79 Å². The van der Waals surface area contributed by atoms with Crippen molar-refractivity contribution in [3.63, 3.8) is 0 Å². The van der Waals surface area contributed by atoms with Crippen LogP contribution in [0.4, 0.5) is 0 Å². The highest BCUT2D eigenvalue weighted by Crippen LogP contribution is 2.27. The minimum absolute atomic E-state index is 0.0253. The fourth-order valence-electron chi connectivity index (χ4n) is 3.22. The summed E-state index contributed by atoms with van der Waals surface area (Å²) in [6, 6.07) is 13.2. The number of carbonyl (C=O) groups excluding carboxylic acids is 1. The Labute approximate surface area is 143 Å². The lowest BCUT2D eigenvalue weighted by Gasteiger charge is -2.24. The number of carbonyl (C=O) groups is 1. The molecule has 1 aromatic carbocycles. The molecular weight excluding hydrogens is 298 g/mol. The van der Waals surface area contributed by atoms with E-state index in [0.29, 0.717) is 12.6 Å². The third-order valence-electron chi connectivity index (χ3n) is 4.72. The van der Waals surface area contributed by atoms with Crippen LogP contribution in [0.25, 0.3) is 11.3 Å². The van der Waals surface area contributed by atoms with Crippen molar-refractivity contribution in [1.82, 2.24) is 15.2 Å². The molecule has 1 unspecified atom stereocenters. The Kier molecular flexibility index (Phi) is 5.26. The van der Waals surface area contributed by atoms with Gasteiger partial charge in [-0.1, -0.05) is 24.3 Å². The lowest BCUT2D eigenvalue weighted by molar-refractivity contribution is -0.119. The highest BCUT2D eigenvalue weighted by atomic mass is 16.1. The van der Waals surface area contributed by atoms with Crippen molar-refractivity contribution in [2.45, 2.75) is 39.3 Å². The molecule has 1 amide bonds. The molecule has 0 aliphatic carbocycles. The molecule has 0 bridgehead atoms. The highest BCUT2D eigenvalue weighted by Gasteiger charge is 2.19. The molecule has 1 fully saturated rings. The Balaban J connectivity index is 1.74. The first kappa shape index (κ1) is 16.7. The zero-order chi connectivity index (χ0) is 16.9. The number of rotatable bonds is 5. The number of likely N-dealkylation sites (tertiary alicyclic amines) is 1. The van der Waals surface area contributed by atoms with E-state index in [4.69, 9.17) is 0 Å². The fraction of sp³-hybridized carbons (Fsp3) is 0.400. The predicted molar refractivity (Wildman–Crippen MR) is 96.4 cm³/mol. The molecule has 2 heterocycles. The molecule has 0 radical (unpaired) electrons. The van der Waals surface area contributed by atoms with Crippen LogP contribution in [-0.4, -0.2) is 28.9 Å². The first-order chi connectivity index (χ1) is 11.6. The smallest absolute Gasteiger partial charge is 0.217 e. The van der Waals surface area contributed by atoms with Crippen LogP contribution in [0.3, 0.4) is 0 Å². The first-order valence-corrected chi connectivity index (χ1v) is 8.67. The Morgan fingerprint density at radius 3 is 2.71 bits per heavy atom. The third kappa shape index (κ3) is 4.01. The van der Waals surface area contributed by atoms with Gasteiger partial charge < -0.3 is 5.32 Å². The number of benzene rings is 1. The quantitative estimate of drug-likeness (QED) is 0.915. The van der Waals surface area contributed by atoms with E-state index >= 15 is 0 Å². The van der Waals surface area contributed by atoms with Gasteiger partial charge in [0.15, 0.2) is 0 Å². The van der Waals surface area contributed by atoms with Gasteiger partial charge in [0.2, 0.25) is 5.91 Å². The standard InChI is InChI=1S/C20H25N3O/c1-15(23-10-3-4-11-23)18-6-5-7-19(12-18)20-9-8-17(14-22-20)13-21-16(2)24/h5-9,12,14-15H,3-4,10-11,13H2,1-2H3,(H,21,24). The van der Waals surface area contributed by atoms with Crippen LogP contribution in [0.2, 0.25) is 0 Å². The van der Waals surface area contributed by atoms with Gasteiger partial charge in [0.05, 0.1) is 5.69 Å². The van der Waals surface area contributed by atoms with Gasteiger partial charge in [0.1, 0.15) is 0 Å². The second-order valence-corrected chi connectivity index (χ2v) is 6.51. The van der Waals surface area contributed by atoms with Crippen molar-refractivity contribution in [2.24, 2.45) is 0 Å². The summed E-state index contributed by atoms with van der Waals surface area (Å²) in [5.41, 5.74) is 4.47. The molecule has 126 valence electrons. The van der Waals surface area contributed by atoms with Crippen molar-refractivity contribution < 1.29 is 4.79 Å². The lowest BCUT2D eigenvalue weighted by Crippen LogP contribution is -2.23. The van der Waals surface area contributed by atoms with Gasteiger partial charge in [-0.05, 0) is 56.1 Å². The first-order valence-electron chi connectivity index (χ1n) is 8.67. The molecule has 3 rings (SSSR count). The normalized spacial score (nSPS) is 16.1. The maximum Gasteiger partial charge on any atom is 0.217 e. The summed E-state index contributed by atoms with van der Waals surface area (Å²) in [6.07, 6.45) is 4.45. The second-order valence-electron chi connectivity index (χ2n) is 6.51. The third-order valence-corrected chi connectivity index (χ3v) is 4.72. The number of pyridine rings is 1. The van der Waals surface area contributed by atoms with E-state index in [1.807, 2.05) is 18.3 Å². The van der Waals surface area contributed by atoms with Crippen molar-refractivity contribution in [3.05, 3.63) is 53.7 Å². The van der Waals surface area contributed by atoms with Crippen molar-refractivity contribution >= 4 is 5.91 Å². The van der Waals surface area contributed by atoms with Crippen LogP contribution >= 0.6 is 0 Å². The molecule has 1 aromatic heterocycles. The van der Waals surface area contributed by atoms with Crippen molar-refractivity contribution in [3.8, 4) is 11.3 Å². The Hall–Kier alpha value is -2.20. The van der Waals surface area contributed by atoms with Gasteiger partial charge in [-0.3, -0.25) is 14.7 Å². The maximum absolute atomic E-state index is 11.0. The molecule has 4 nitrogen and oxygen atoms in total. The topological polar surface area (TPSA) is 45.2 Å². The molecule has 1 atom stereocenters. The lowest BCUT2D eigenvalue weighted by atomic mass is 10.0. The van der Waals surface area contributed by atoms with Gasteiger partial charge in [-0.2, -0.15) is 0 Å². The summed E-state index contributed by atoms with van der Waals surface area (Å²) < 4.78 is 0. The summed E-state index contributed by atoms with van der Waals surface area (Å²) in [4.78, 5) is 18.1. The summed E-state index contributed by atoms with van der Waals surface area (Å²) in [5, 5.41) is 2.79. The van der Waals surface area contributed by atoms with Crippen molar-refractivity contribution in [2.75, 3.05) is 13.1 Å². The van der Waals surface area contributed by atoms with E-state index < -0.39 is 0 Å². The fourth-order valence-corrected chi connectivity index (χ4v) is 3.22. The number of hydrogen-bond acceptors (Lipinski definition) is 3. The maximum atomic E-state index is 11.0. The highest BCUT2D eigenvalue weighted by molar-refractivity contribution is 5.72. The molecule has 2 aromatic rings. The van der Waals surface area contributed by atoms with E-state index in [2.05, 4.69) is 46.4 Å². The molecule has 1 aliphatic heterocycles.